The lowest BCUT2D eigenvalue weighted by atomic mass is 9.54. The molecule has 5 saturated carbocycles. The zero-order valence-electron chi connectivity index (χ0n) is 12.1. The zero-order valence-corrected chi connectivity index (χ0v) is 12.1. The molecule has 5 fully saturated rings. The van der Waals surface area contributed by atoms with Gasteiger partial charge in [-0.15, -0.1) is 0 Å². The summed E-state index contributed by atoms with van der Waals surface area (Å²) in [5.74, 6) is 3.98. The average Bonchev–Trinajstić information content (AvgIpc) is 2.38. The number of aliphatic hydroxyl groups is 1. The fourth-order valence-corrected chi connectivity index (χ4v) is 5.95. The van der Waals surface area contributed by atoms with E-state index in [1.54, 1.807) is 0 Å². The van der Waals surface area contributed by atoms with Crippen molar-refractivity contribution in [2.24, 2.45) is 23.7 Å². The van der Waals surface area contributed by atoms with Crippen LogP contribution >= 0.6 is 0 Å². The summed E-state index contributed by atoms with van der Waals surface area (Å²) in [4.78, 5) is 0. The van der Waals surface area contributed by atoms with Crippen molar-refractivity contribution in [3.8, 4) is 0 Å². The van der Waals surface area contributed by atoms with Crippen molar-refractivity contribution in [3.05, 3.63) is 0 Å². The zero-order chi connectivity index (χ0) is 12.9. The molecule has 2 N–H and O–H groups in total. The lowest BCUT2D eigenvalue weighted by Gasteiger charge is -2.55. The molecular formula is C17H29NO. The summed E-state index contributed by atoms with van der Waals surface area (Å²) < 4.78 is 0. The van der Waals surface area contributed by atoms with Gasteiger partial charge in [0.05, 0.1) is 5.60 Å². The Morgan fingerprint density at radius 1 is 0.842 bits per heavy atom. The molecule has 0 aliphatic heterocycles. The van der Waals surface area contributed by atoms with Crippen LogP contribution in [0.25, 0.3) is 0 Å². The second kappa shape index (κ2) is 4.73. The lowest BCUT2D eigenvalue weighted by molar-refractivity contribution is -0.0372. The van der Waals surface area contributed by atoms with Crippen LogP contribution in [0.2, 0.25) is 0 Å². The summed E-state index contributed by atoms with van der Waals surface area (Å²) >= 11 is 0. The molecule has 0 unspecified atom stereocenters. The van der Waals surface area contributed by atoms with Crippen molar-refractivity contribution in [1.82, 2.24) is 5.32 Å². The van der Waals surface area contributed by atoms with Crippen LogP contribution in [0.4, 0.5) is 0 Å². The minimum Gasteiger partial charge on any atom is -0.389 e. The van der Waals surface area contributed by atoms with Gasteiger partial charge in [0.1, 0.15) is 0 Å². The van der Waals surface area contributed by atoms with E-state index in [-0.39, 0.29) is 5.60 Å². The average molecular weight is 263 g/mol. The van der Waals surface area contributed by atoms with Crippen LogP contribution in [0, 0.1) is 23.7 Å². The van der Waals surface area contributed by atoms with Crippen molar-refractivity contribution in [2.75, 3.05) is 6.54 Å². The van der Waals surface area contributed by atoms with Crippen molar-refractivity contribution >= 4 is 0 Å². The standard InChI is InChI=1S/C17H29NO/c19-17(4-2-1-3-5-17)11-18-16-14-7-12-6-13(9-14)10-15(16)8-12/h12-16,18-19H,1-11H2. The SMILES string of the molecule is OC1(CNC2C3CC4CC(C3)CC2C4)CCCCC1. The van der Waals surface area contributed by atoms with Crippen LogP contribution < -0.4 is 5.32 Å². The van der Waals surface area contributed by atoms with Crippen LogP contribution in [0.15, 0.2) is 0 Å². The molecular weight excluding hydrogens is 234 g/mol. The van der Waals surface area contributed by atoms with Gasteiger partial charge in [0.25, 0.3) is 0 Å². The molecule has 0 aromatic heterocycles. The van der Waals surface area contributed by atoms with Gasteiger partial charge in [-0.1, -0.05) is 19.3 Å². The van der Waals surface area contributed by atoms with E-state index in [1.165, 1.54) is 51.4 Å². The summed E-state index contributed by atoms with van der Waals surface area (Å²) in [6.45, 7) is 0.861. The summed E-state index contributed by atoms with van der Waals surface area (Å²) in [6.07, 6.45) is 13.2. The van der Waals surface area contributed by atoms with Crippen molar-refractivity contribution in [3.63, 3.8) is 0 Å². The van der Waals surface area contributed by atoms with Crippen LogP contribution in [-0.4, -0.2) is 23.3 Å². The van der Waals surface area contributed by atoms with Gasteiger partial charge in [0.15, 0.2) is 0 Å². The Morgan fingerprint density at radius 2 is 1.42 bits per heavy atom. The maximum Gasteiger partial charge on any atom is 0.0771 e. The van der Waals surface area contributed by atoms with E-state index in [2.05, 4.69) is 5.32 Å². The molecule has 5 aliphatic carbocycles. The van der Waals surface area contributed by atoms with E-state index in [4.69, 9.17) is 0 Å². The monoisotopic (exact) mass is 263 g/mol. The van der Waals surface area contributed by atoms with E-state index in [1.807, 2.05) is 0 Å². The Morgan fingerprint density at radius 3 is 2.00 bits per heavy atom. The third-order valence-electron chi connectivity index (χ3n) is 6.68. The molecule has 5 rings (SSSR count). The number of nitrogens with one attached hydrogen (secondary N) is 1. The Bertz CT molecular complexity index is 306. The fourth-order valence-electron chi connectivity index (χ4n) is 5.95. The quantitative estimate of drug-likeness (QED) is 0.820. The van der Waals surface area contributed by atoms with Gasteiger partial charge in [-0.25, -0.2) is 0 Å². The molecule has 0 atom stereocenters. The summed E-state index contributed by atoms with van der Waals surface area (Å²) in [5, 5.41) is 14.5. The third-order valence-corrected chi connectivity index (χ3v) is 6.68. The molecule has 0 aromatic rings. The number of rotatable bonds is 3. The molecule has 0 heterocycles. The largest absolute Gasteiger partial charge is 0.389 e. The minimum atomic E-state index is -0.382. The number of hydrogen-bond acceptors (Lipinski definition) is 2. The molecule has 0 amide bonds. The van der Waals surface area contributed by atoms with Crippen molar-refractivity contribution < 1.29 is 5.11 Å². The van der Waals surface area contributed by atoms with Crippen LogP contribution in [0.3, 0.4) is 0 Å². The third kappa shape index (κ3) is 2.35. The van der Waals surface area contributed by atoms with Gasteiger partial charge >= 0.3 is 0 Å². The molecule has 2 nitrogen and oxygen atoms in total. The Labute approximate surface area is 117 Å². The van der Waals surface area contributed by atoms with E-state index in [0.717, 1.165) is 49.1 Å². The molecule has 0 spiro atoms. The van der Waals surface area contributed by atoms with Crippen LogP contribution in [0.1, 0.15) is 64.2 Å². The fraction of sp³-hybridized carbons (Fsp3) is 1.00. The van der Waals surface area contributed by atoms with Crippen molar-refractivity contribution in [1.29, 1.82) is 0 Å². The van der Waals surface area contributed by atoms with Crippen molar-refractivity contribution in [2.45, 2.75) is 75.9 Å². The molecule has 0 aromatic carbocycles. The predicted molar refractivity (Wildman–Crippen MR) is 76.9 cm³/mol. The van der Waals surface area contributed by atoms with E-state index in [0.29, 0.717) is 0 Å². The summed E-state index contributed by atoms with van der Waals surface area (Å²) in [5.41, 5.74) is -0.382. The molecule has 5 aliphatic rings. The Hall–Kier alpha value is -0.0800. The highest BCUT2D eigenvalue weighted by Gasteiger charge is 2.48. The Kier molecular flexibility index (Phi) is 3.15. The molecule has 108 valence electrons. The van der Waals surface area contributed by atoms with E-state index >= 15 is 0 Å². The highest BCUT2D eigenvalue weighted by molar-refractivity contribution is 5.02. The van der Waals surface area contributed by atoms with Gasteiger partial charge in [-0.3, -0.25) is 0 Å². The molecule has 19 heavy (non-hydrogen) atoms. The first kappa shape index (κ1) is 12.6. The normalized spacial score (nSPS) is 47.5. The van der Waals surface area contributed by atoms with Gasteiger partial charge in [0, 0.05) is 12.6 Å². The van der Waals surface area contributed by atoms with Gasteiger partial charge in [0.2, 0.25) is 0 Å². The molecule has 0 saturated heterocycles. The second-order valence-corrected chi connectivity index (χ2v) is 8.12. The lowest BCUT2D eigenvalue weighted by Crippen LogP contribution is -2.57. The smallest absolute Gasteiger partial charge is 0.0771 e. The summed E-state index contributed by atoms with van der Waals surface area (Å²) in [6, 6.07) is 0.735. The molecule has 0 radical (unpaired) electrons. The van der Waals surface area contributed by atoms with E-state index in [9.17, 15) is 5.11 Å². The van der Waals surface area contributed by atoms with Gasteiger partial charge < -0.3 is 10.4 Å². The highest BCUT2D eigenvalue weighted by Crippen LogP contribution is 2.53. The first-order chi connectivity index (χ1) is 9.22. The first-order valence-electron chi connectivity index (χ1n) is 8.68. The Balaban J connectivity index is 1.38. The van der Waals surface area contributed by atoms with Crippen LogP contribution in [-0.2, 0) is 0 Å². The van der Waals surface area contributed by atoms with Gasteiger partial charge in [-0.2, -0.15) is 0 Å². The van der Waals surface area contributed by atoms with Gasteiger partial charge in [-0.05, 0) is 68.6 Å². The van der Waals surface area contributed by atoms with E-state index < -0.39 is 0 Å². The second-order valence-electron chi connectivity index (χ2n) is 8.12. The summed E-state index contributed by atoms with van der Waals surface area (Å²) in [7, 11) is 0. The molecule has 4 bridgehead atoms. The minimum absolute atomic E-state index is 0.382. The maximum absolute atomic E-state index is 10.7. The maximum atomic E-state index is 10.7. The first-order valence-corrected chi connectivity index (χ1v) is 8.68. The predicted octanol–water partition coefficient (Wildman–Crippen LogP) is 3.10. The molecule has 2 heteroatoms. The number of hydrogen-bond donors (Lipinski definition) is 2. The topological polar surface area (TPSA) is 32.3 Å². The highest BCUT2D eigenvalue weighted by atomic mass is 16.3. The van der Waals surface area contributed by atoms with Crippen LogP contribution in [0.5, 0.6) is 0 Å².